The molecule has 1 unspecified atom stereocenters. The molecule has 0 saturated carbocycles. The minimum atomic E-state index is -0.0946. The zero-order valence-electron chi connectivity index (χ0n) is 11.9. The number of hydrogen-bond acceptors (Lipinski definition) is 2. The molecule has 0 amide bonds. The van der Waals surface area contributed by atoms with Gasteiger partial charge in [0.1, 0.15) is 5.82 Å². The van der Waals surface area contributed by atoms with Crippen LogP contribution in [0.15, 0.2) is 30.3 Å². The van der Waals surface area contributed by atoms with Crippen LogP contribution in [0.25, 0.3) is 11.0 Å². The standard InChI is InChI=1S/C16H17ClN2S/c1-10-5-4-6-14-15(10)18-16(12(3)17)19(14)9-13-8-7-11(2)20-13/h4-8,12H,9H2,1-3H3. The monoisotopic (exact) mass is 304 g/mol. The van der Waals surface area contributed by atoms with Crippen molar-refractivity contribution in [3.8, 4) is 0 Å². The first-order valence-corrected chi connectivity index (χ1v) is 7.96. The van der Waals surface area contributed by atoms with Crippen molar-refractivity contribution in [1.82, 2.24) is 9.55 Å². The van der Waals surface area contributed by atoms with Crippen LogP contribution in [0.2, 0.25) is 0 Å². The average molecular weight is 305 g/mol. The molecule has 4 heteroatoms. The van der Waals surface area contributed by atoms with Gasteiger partial charge in [0.15, 0.2) is 0 Å². The Balaban J connectivity index is 2.16. The van der Waals surface area contributed by atoms with Crippen molar-refractivity contribution in [2.24, 2.45) is 0 Å². The summed E-state index contributed by atoms with van der Waals surface area (Å²) in [5, 5.41) is -0.0946. The summed E-state index contributed by atoms with van der Waals surface area (Å²) in [5.74, 6) is 0.946. The number of para-hydroxylation sites is 1. The molecule has 0 N–H and O–H groups in total. The lowest BCUT2D eigenvalue weighted by Crippen LogP contribution is -2.04. The van der Waals surface area contributed by atoms with E-state index in [4.69, 9.17) is 16.6 Å². The van der Waals surface area contributed by atoms with E-state index in [-0.39, 0.29) is 5.38 Å². The van der Waals surface area contributed by atoms with Crippen molar-refractivity contribution in [1.29, 1.82) is 0 Å². The van der Waals surface area contributed by atoms with Crippen LogP contribution in [0.5, 0.6) is 0 Å². The molecule has 0 aliphatic rings. The quantitative estimate of drug-likeness (QED) is 0.618. The van der Waals surface area contributed by atoms with Crippen LogP contribution in [0.3, 0.4) is 0 Å². The van der Waals surface area contributed by atoms with Crippen molar-refractivity contribution >= 4 is 34.0 Å². The molecular weight excluding hydrogens is 288 g/mol. The fourth-order valence-electron chi connectivity index (χ4n) is 2.50. The highest BCUT2D eigenvalue weighted by atomic mass is 35.5. The number of imidazole rings is 1. The molecule has 104 valence electrons. The number of halogens is 1. The number of aryl methyl sites for hydroxylation is 2. The molecule has 3 aromatic rings. The Labute approximate surface area is 128 Å². The van der Waals surface area contributed by atoms with Gasteiger partial charge >= 0.3 is 0 Å². The topological polar surface area (TPSA) is 17.8 Å². The Bertz CT molecular complexity index is 755. The van der Waals surface area contributed by atoms with Gasteiger partial charge in [-0.3, -0.25) is 0 Å². The number of alkyl halides is 1. The number of aromatic nitrogens is 2. The van der Waals surface area contributed by atoms with E-state index < -0.39 is 0 Å². The molecule has 2 nitrogen and oxygen atoms in total. The predicted octanol–water partition coefficient (Wildman–Crippen LogP) is 5.06. The molecular formula is C16H17ClN2S. The van der Waals surface area contributed by atoms with Gasteiger partial charge < -0.3 is 4.57 Å². The van der Waals surface area contributed by atoms with E-state index in [1.807, 2.05) is 18.3 Å². The van der Waals surface area contributed by atoms with Crippen LogP contribution in [-0.4, -0.2) is 9.55 Å². The summed E-state index contributed by atoms with van der Waals surface area (Å²) in [5.41, 5.74) is 3.42. The Morgan fingerprint density at radius 1 is 1.25 bits per heavy atom. The van der Waals surface area contributed by atoms with Crippen LogP contribution >= 0.6 is 22.9 Å². The molecule has 3 rings (SSSR count). The second-order valence-corrected chi connectivity index (χ2v) is 7.15. The fourth-order valence-corrected chi connectivity index (χ4v) is 3.55. The number of nitrogens with zero attached hydrogens (tertiary/aromatic N) is 2. The predicted molar refractivity (Wildman–Crippen MR) is 86.9 cm³/mol. The Hall–Kier alpha value is -1.32. The Morgan fingerprint density at radius 2 is 2.05 bits per heavy atom. The Morgan fingerprint density at radius 3 is 2.70 bits per heavy atom. The summed E-state index contributed by atoms with van der Waals surface area (Å²) in [6.45, 7) is 7.05. The number of benzene rings is 1. The van der Waals surface area contributed by atoms with Crippen LogP contribution in [0.4, 0.5) is 0 Å². The molecule has 1 aromatic carbocycles. The van der Waals surface area contributed by atoms with Gasteiger partial charge in [-0.1, -0.05) is 12.1 Å². The fraction of sp³-hybridized carbons (Fsp3) is 0.312. The van der Waals surface area contributed by atoms with Gasteiger partial charge in [-0.2, -0.15) is 0 Å². The molecule has 20 heavy (non-hydrogen) atoms. The number of hydrogen-bond donors (Lipinski definition) is 0. The molecule has 0 aliphatic carbocycles. The summed E-state index contributed by atoms with van der Waals surface area (Å²) in [7, 11) is 0. The lowest BCUT2D eigenvalue weighted by atomic mass is 10.2. The SMILES string of the molecule is Cc1ccc(Cn2c(C(C)Cl)nc3c(C)cccc32)s1. The van der Waals surface area contributed by atoms with Gasteiger partial charge in [0, 0.05) is 9.75 Å². The third kappa shape index (κ3) is 2.36. The second-order valence-electron chi connectivity index (χ2n) is 5.13. The van der Waals surface area contributed by atoms with E-state index >= 15 is 0 Å². The summed E-state index contributed by atoms with van der Waals surface area (Å²) in [6, 6.07) is 10.6. The maximum atomic E-state index is 6.32. The highest BCUT2D eigenvalue weighted by Crippen LogP contribution is 2.28. The van der Waals surface area contributed by atoms with E-state index in [0.717, 1.165) is 17.9 Å². The highest BCUT2D eigenvalue weighted by Gasteiger charge is 2.16. The molecule has 0 saturated heterocycles. The highest BCUT2D eigenvalue weighted by molar-refractivity contribution is 7.11. The third-order valence-electron chi connectivity index (χ3n) is 3.48. The maximum absolute atomic E-state index is 6.32. The van der Waals surface area contributed by atoms with E-state index in [1.54, 1.807) is 0 Å². The van der Waals surface area contributed by atoms with Crippen molar-refractivity contribution in [3.63, 3.8) is 0 Å². The molecule has 0 fully saturated rings. The minimum absolute atomic E-state index is 0.0946. The van der Waals surface area contributed by atoms with Crippen LogP contribution in [0.1, 0.15) is 33.4 Å². The lowest BCUT2D eigenvalue weighted by molar-refractivity contribution is 0.750. The zero-order chi connectivity index (χ0) is 14.3. The van der Waals surface area contributed by atoms with Crippen molar-refractivity contribution in [2.75, 3.05) is 0 Å². The number of rotatable bonds is 3. The van der Waals surface area contributed by atoms with Crippen LogP contribution in [-0.2, 0) is 6.54 Å². The first-order chi connectivity index (χ1) is 9.56. The first-order valence-electron chi connectivity index (χ1n) is 6.71. The van der Waals surface area contributed by atoms with Gasteiger partial charge in [0.2, 0.25) is 0 Å². The van der Waals surface area contributed by atoms with Gasteiger partial charge in [0.05, 0.1) is 23.0 Å². The molecule has 0 aliphatic heterocycles. The van der Waals surface area contributed by atoms with E-state index in [0.29, 0.717) is 0 Å². The number of thiophene rings is 1. The van der Waals surface area contributed by atoms with Gasteiger partial charge in [-0.25, -0.2) is 4.98 Å². The smallest absolute Gasteiger partial charge is 0.128 e. The van der Waals surface area contributed by atoms with E-state index in [9.17, 15) is 0 Å². The van der Waals surface area contributed by atoms with E-state index in [1.165, 1.54) is 20.8 Å². The largest absolute Gasteiger partial charge is 0.321 e. The van der Waals surface area contributed by atoms with Crippen molar-refractivity contribution in [2.45, 2.75) is 32.7 Å². The van der Waals surface area contributed by atoms with Crippen LogP contribution in [0, 0.1) is 13.8 Å². The minimum Gasteiger partial charge on any atom is -0.321 e. The van der Waals surface area contributed by atoms with Gasteiger partial charge in [0.25, 0.3) is 0 Å². The van der Waals surface area contributed by atoms with Crippen molar-refractivity contribution < 1.29 is 0 Å². The molecule has 0 spiro atoms. The number of fused-ring (bicyclic) bond motifs is 1. The molecule has 2 aromatic heterocycles. The van der Waals surface area contributed by atoms with Gasteiger partial charge in [-0.05, 0) is 44.5 Å². The molecule has 2 heterocycles. The second kappa shape index (κ2) is 5.23. The summed E-state index contributed by atoms with van der Waals surface area (Å²) in [4.78, 5) is 7.42. The summed E-state index contributed by atoms with van der Waals surface area (Å²) in [6.07, 6.45) is 0. The molecule has 1 atom stereocenters. The lowest BCUT2D eigenvalue weighted by Gasteiger charge is -2.09. The maximum Gasteiger partial charge on any atom is 0.128 e. The van der Waals surface area contributed by atoms with E-state index in [2.05, 4.69) is 48.7 Å². The third-order valence-corrected chi connectivity index (χ3v) is 4.66. The molecule has 0 radical (unpaired) electrons. The normalized spacial score (nSPS) is 13.0. The summed E-state index contributed by atoms with van der Waals surface area (Å²) < 4.78 is 2.24. The Kier molecular flexibility index (Phi) is 3.57. The molecule has 0 bridgehead atoms. The van der Waals surface area contributed by atoms with Gasteiger partial charge in [-0.15, -0.1) is 22.9 Å². The van der Waals surface area contributed by atoms with Crippen molar-refractivity contribution in [3.05, 3.63) is 51.5 Å². The first kappa shape index (κ1) is 13.7. The summed E-state index contributed by atoms with van der Waals surface area (Å²) >= 11 is 8.15. The average Bonchev–Trinajstić information content (AvgIpc) is 2.96. The van der Waals surface area contributed by atoms with Crippen LogP contribution < -0.4 is 0 Å². The zero-order valence-corrected chi connectivity index (χ0v) is 13.4.